The highest BCUT2D eigenvalue weighted by molar-refractivity contribution is 14.0. The molecule has 6 nitrogen and oxygen atoms in total. The normalized spacial score (nSPS) is 10.7. The number of para-hydroxylation sites is 1. The number of benzene rings is 1. The third-order valence-corrected chi connectivity index (χ3v) is 3.64. The molecule has 1 heterocycles. The molecule has 0 aliphatic carbocycles. The first-order chi connectivity index (χ1) is 12.3. The van der Waals surface area contributed by atoms with Crippen LogP contribution < -0.4 is 20.1 Å². The minimum atomic E-state index is 0. The molecular formula is C19H27IN4O2. The maximum Gasteiger partial charge on any atom is 0.191 e. The van der Waals surface area contributed by atoms with Crippen LogP contribution in [-0.4, -0.2) is 38.3 Å². The Morgan fingerprint density at radius 1 is 1.08 bits per heavy atom. The molecule has 26 heavy (non-hydrogen) atoms. The molecule has 1 aromatic carbocycles. The second-order valence-electron chi connectivity index (χ2n) is 5.35. The zero-order valence-electron chi connectivity index (χ0n) is 15.5. The summed E-state index contributed by atoms with van der Waals surface area (Å²) < 4.78 is 10.8. The molecule has 2 aromatic rings. The van der Waals surface area contributed by atoms with Crippen LogP contribution in [0, 0.1) is 0 Å². The van der Waals surface area contributed by atoms with Crippen molar-refractivity contribution < 1.29 is 9.47 Å². The van der Waals surface area contributed by atoms with Gasteiger partial charge in [0.2, 0.25) is 0 Å². The average Bonchev–Trinajstić information content (AvgIpc) is 2.66. The van der Waals surface area contributed by atoms with E-state index in [2.05, 4.69) is 20.6 Å². The molecule has 7 heteroatoms. The maximum atomic E-state index is 5.46. The number of ether oxygens (including phenoxy) is 2. The maximum absolute atomic E-state index is 5.46. The van der Waals surface area contributed by atoms with Crippen molar-refractivity contribution in [2.75, 3.05) is 27.3 Å². The summed E-state index contributed by atoms with van der Waals surface area (Å²) in [6, 6.07) is 11.7. The molecule has 0 radical (unpaired) electrons. The Hall–Kier alpha value is -2.03. The molecule has 0 aliphatic rings. The summed E-state index contributed by atoms with van der Waals surface area (Å²) in [6.07, 6.45) is 2.65. The van der Waals surface area contributed by atoms with Gasteiger partial charge in [-0.3, -0.25) is 4.98 Å². The van der Waals surface area contributed by atoms with Crippen LogP contribution in [0.25, 0.3) is 0 Å². The fourth-order valence-corrected chi connectivity index (χ4v) is 2.44. The number of methoxy groups -OCH3 is 2. The standard InChI is InChI=1S/C19H26N4O2.HI/c1-4-20-19(22-13-11-16-9-5-6-12-21-16)23-14-15-8-7-10-17(24-2)18(15)25-3;/h5-10,12H,4,11,13-14H2,1-3H3,(H2,20,22,23);1H. The number of halogens is 1. The molecule has 2 N–H and O–H groups in total. The molecule has 0 aliphatic heterocycles. The van der Waals surface area contributed by atoms with Crippen molar-refractivity contribution in [3.05, 3.63) is 53.9 Å². The van der Waals surface area contributed by atoms with E-state index in [1.54, 1.807) is 14.2 Å². The second-order valence-corrected chi connectivity index (χ2v) is 5.35. The topological polar surface area (TPSA) is 67.8 Å². The molecule has 0 fully saturated rings. The third-order valence-electron chi connectivity index (χ3n) is 3.64. The summed E-state index contributed by atoms with van der Waals surface area (Å²) in [4.78, 5) is 8.96. The summed E-state index contributed by atoms with van der Waals surface area (Å²) in [7, 11) is 3.27. The van der Waals surface area contributed by atoms with E-state index in [4.69, 9.17) is 9.47 Å². The van der Waals surface area contributed by atoms with Gasteiger partial charge in [0, 0.05) is 37.0 Å². The Morgan fingerprint density at radius 3 is 2.58 bits per heavy atom. The van der Waals surface area contributed by atoms with Gasteiger partial charge in [-0.15, -0.1) is 24.0 Å². The molecule has 0 bridgehead atoms. The number of hydrogen-bond acceptors (Lipinski definition) is 4. The van der Waals surface area contributed by atoms with Crippen LogP contribution in [0.4, 0.5) is 0 Å². The van der Waals surface area contributed by atoms with Gasteiger partial charge in [-0.25, -0.2) is 4.99 Å². The Bertz CT molecular complexity index is 680. The van der Waals surface area contributed by atoms with Crippen molar-refractivity contribution in [2.24, 2.45) is 4.99 Å². The van der Waals surface area contributed by atoms with E-state index in [-0.39, 0.29) is 24.0 Å². The van der Waals surface area contributed by atoms with Gasteiger partial charge in [-0.1, -0.05) is 18.2 Å². The van der Waals surface area contributed by atoms with Gasteiger partial charge < -0.3 is 20.1 Å². The zero-order chi connectivity index (χ0) is 17.9. The van der Waals surface area contributed by atoms with Crippen molar-refractivity contribution in [1.82, 2.24) is 15.6 Å². The largest absolute Gasteiger partial charge is 0.493 e. The SMILES string of the molecule is CCNC(=NCc1cccc(OC)c1OC)NCCc1ccccn1.I. The first-order valence-corrected chi connectivity index (χ1v) is 8.40. The minimum Gasteiger partial charge on any atom is -0.493 e. The van der Waals surface area contributed by atoms with E-state index in [9.17, 15) is 0 Å². The van der Waals surface area contributed by atoms with Gasteiger partial charge in [0.15, 0.2) is 17.5 Å². The summed E-state index contributed by atoms with van der Waals surface area (Å²) in [6.45, 7) is 4.10. The molecule has 0 saturated carbocycles. The van der Waals surface area contributed by atoms with Crippen LogP contribution in [0.1, 0.15) is 18.2 Å². The molecule has 0 unspecified atom stereocenters. The van der Waals surface area contributed by atoms with Crippen LogP contribution in [0.5, 0.6) is 11.5 Å². The molecule has 0 spiro atoms. The lowest BCUT2D eigenvalue weighted by Gasteiger charge is -2.13. The minimum absolute atomic E-state index is 0. The number of pyridine rings is 1. The van der Waals surface area contributed by atoms with E-state index >= 15 is 0 Å². The van der Waals surface area contributed by atoms with Crippen LogP contribution in [0.3, 0.4) is 0 Å². The predicted octanol–water partition coefficient (Wildman–Crippen LogP) is 3.01. The van der Waals surface area contributed by atoms with E-state index in [1.165, 1.54) is 0 Å². The van der Waals surface area contributed by atoms with Crippen LogP contribution >= 0.6 is 24.0 Å². The first-order valence-electron chi connectivity index (χ1n) is 8.40. The Balaban J connectivity index is 0.00000338. The molecule has 0 amide bonds. The summed E-state index contributed by atoms with van der Waals surface area (Å²) >= 11 is 0. The summed E-state index contributed by atoms with van der Waals surface area (Å²) in [5.74, 6) is 2.20. The zero-order valence-corrected chi connectivity index (χ0v) is 17.8. The summed E-state index contributed by atoms with van der Waals surface area (Å²) in [5, 5.41) is 6.58. The van der Waals surface area contributed by atoms with E-state index < -0.39 is 0 Å². The van der Waals surface area contributed by atoms with Crippen LogP contribution in [0.15, 0.2) is 47.6 Å². The number of aliphatic imine (C=N–C) groups is 1. The van der Waals surface area contributed by atoms with Crippen LogP contribution in [-0.2, 0) is 13.0 Å². The third kappa shape index (κ3) is 6.70. The predicted molar refractivity (Wildman–Crippen MR) is 116 cm³/mol. The highest BCUT2D eigenvalue weighted by Gasteiger charge is 2.09. The Labute approximate surface area is 172 Å². The molecule has 142 valence electrons. The van der Waals surface area contributed by atoms with Crippen molar-refractivity contribution in [3.63, 3.8) is 0 Å². The van der Waals surface area contributed by atoms with E-state index in [1.807, 2.05) is 49.5 Å². The molecule has 0 saturated heterocycles. The van der Waals surface area contributed by atoms with Crippen molar-refractivity contribution >= 4 is 29.9 Å². The van der Waals surface area contributed by atoms with Gasteiger partial charge in [0.05, 0.1) is 20.8 Å². The van der Waals surface area contributed by atoms with Crippen molar-refractivity contribution in [1.29, 1.82) is 0 Å². The number of nitrogens with zero attached hydrogens (tertiary/aromatic N) is 2. The van der Waals surface area contributed by atoms with Crippen molar-refractivity contribution in [2.45, 2.75) is 19.9 Å². The fraction of sp³-hybridized carbons (Fsp3) is 0.368. The molecule has 1 aromatic heterocycles. The lowest BCUT2D eigenvalue weighted by molar-refractivity contribution is 0.352. The number of guanidine groups is 1. The highest BCUT2D eigenvalue weighted by Crippen LogP contribution is 2.30. The monoisotopic (exact) mass is 470 g/mol. The van der Waals surface area contributed by atoms with Gasteiger partial charge >= 0.3 is 0 Å². The molecule has 2 rings (SSSR count). The first kappa shape index (κ1) is 22.0. The van der Waals surface area contributed by atoms with Crippen LogP contribution in [0.2, 0.25) is 0 Å². The molecular weight excluding hydrogens is 443 g/mol. The van der Waals surface area contributed by atoms with Gasteiger partial charge in [0.1, 0.15) is 0 Å². The average molecular weight is 470 g/mol. The quantitative estimate of drug-likeness (QED) is 0.353. The fourth-order valence-electron chi connectivity index (χ4n) is 2.44. The number of hydrogen-bond donors (Lipinski definition) is 2. The second kappa shape index (κ2) is 12.3. The van der Waals surface area contributed by atoms with Gasteiger partial charge in [-0.05, 0) is 25.1 Å². The lowest BCUT2D eigenvalue weighted by Crippen LogP contribution is -2.38. The Morgan fingerprint density at radius 2 is 1.92 bits per heavy atom. The highest BCUT2D eigenvalue weighted by atomic mass is 127. The van der Waals surface area contributed by atoms with E-state index in [0.29, 0.717) is 12.3 Å². The number of nitrogens with one attached hydrogen (secondary N) is 2. The number of aromatic nitrogens is 1. The van der Waals surface area contributed by atoms with Gasteiger partial charge in [-0.2, -0.15) is 0 Å². The van der Waals surface area contributed by atoms with E-state index in [0.717, 1.165) is 42.5 Å². The smallest absolute Gasteiger partial charge is 0.191 e. The Kier molecular flexibility index (Phi) is 10.5. The van der Waals surface area contributed by atoms with Gasteiger partial charge in [0.25, 0.3) is 0 Å². The number of rotatable bonds is 8. The summed E-state index contributed by atoms with van der Waals surface area (Å²) in [5.41, 5.74) is 2.03. The lowest BCUT2D eigenvalue weighted by atomic mass is 10.2. The molecule has 0 atom stereocenters. The van der Waals surface area contributed by atoms with Crippen molar-refractivity contribution in [3.8, 4) is 11.5 Å².